The fourth-order valence-electron chi connectivity index (χ4n) is 4.13. The number of carbonyl (C=O) groups is 1. The van der Waals surface area contributed by atoms with Gasteiger partial charge in [-0.1, -0.05) is 66.7 Å². The quantitative estimate of drug-likeness (QED) is 0.427. The van der Waals surface area contributed by atoms with Crippen molar-refractivity contribution in [2.75, 3.05) is 0 Å². The minimum atomic E-state index is -0.0562. The first-order valence-electron chi connectivity index (χ1n) is 10.9. The van der Waals surface area contributed by atoms with Crippen molar-refractivity contribution in [2.24, 2.45) is 0 Å². The van der Waals surface area contributed by atoms with Crippen molar-refractivity contribution in [3.05, 3.63) is 108 Å². The van der Waals surface area contributed by atoms with Gasteiger partial charge in [-0.2, -0.15) is 0 Å². The number of hydrogen-bond donors (Lipinski definition) is 1. The highest BCUT2D eigenvalue weighted by atomic mass is 16.1. The van der Waals surface area contributed by atoms with Gasteiger partial charge in [0.25, 0.3) is 0 Å². The van der Waals surface area contributed by atoms with Gasteiger partial charge in [0.1, 0.15) is 5.65 Å². The van der Waals surface area contributed by atoms with E-state index in [1.807, 2.05) is 42.7 Å². The molecule has 0 saturated heterocycles. The summed E-state index contributed by atoms with van der Waals surface area (Å²) in [5.41, 5.74) is 5.52. The van der Waals surface area contributed by atoms with Crippen LogP contribution < -0.4 is 5.32 Å². The van der Waals surface area contributed by atoms with Crippen molar-refractivity contribution in [1.82, 2.24) is 14.7 Å². The van der Waals surface area contributed by atoms with Gasteiger partial charge in [0, 0.05) is 30.8 Å². The largest absolute Gasteiger partial charge is 0.354 e. The molecule has 158 valence electrons. The standard InChI is InChI=1S/C27H29N3O/c1-20-10-9-17-30-25(19-28-27(20)30)24(23-13-7-4-8-14-23)18-26(31)29-21(2)15-16-22-11-5-3-6-12-22/h3-14,17,19,21,24H,15-16,18H2,1-2H3,(H,29,31). The van der Waals surface area contributed by atoms with Crippen LogP contribution in [0.15, 0.2) is 85.2 Å². The van der Waals surface area contributed by atoms with Gasteiger partial charge in [0.15, 0.2) is 0 Å². The maximum Gasteiger partial charge on any atom is 0.221 e. The minimum absolute atomic E-state index is 0.0562. The van der Waals surface area contributed by atoms with E-state index in [9.17, 15) is 4.79 Å². The molecule has 0 bridgehead atoms. The minimum Gasteiger partial charge on any atom is -0.354 e. The zero-order chi connectivity index (χ0) is 21.6. The van der Waals surface area contributed by atoms with Crippen molar-refractivity contribution < 1.29 is 4.79 Å². The molecule has 0 radical (unpaired) electrons. The zero-order valence-electron chi connectivity index (χ0n) is 18.2. The summed E-state index contributed by atoms with van der Waals surface area (Å²) in [6, 6.07) is 24.8. The SMILES string of the molecule is Cc1cccn2c(C(CC(=O)NC(C)CCc3ccccc3)c3ccccc3)cnc12. The maximum absolute atomic E-state index is 13.0. The van der Waals surface area contributed by atoms with Crippen LogP contribution in [0.5, 0.6) is 0 Å². The van der Waals surface area contributed by atoms with Crippen LogP contribution in [-0.2, 0) is 11.2 Å². The first kappa shape index (κ1) is 20.9. The predicted octanol–water partition coefficient (Wildman–Crippen LogP) is 5.30. The molecule has 2 aromatic carbocycles. The molecule has 4 rings (SSSR count). The van der Waals surface area contributed by atoms with Gasteiger partial charge >= 0.3 is 0 Å². The lowest BCUT2D eigenvalue weighted by Gasteiger charge is -2.20. The summed E-state index contributed by atoms with van der Waals surface area (Å²) >= 11 is 0. The van der Waals surface area contributed by atoms with Crippen molar-refractivity contribution >= 4 is 11.6 Å². The molecule has 0 saturated carbocycles. The van der Waals surface area contributed by atoms with E-state index in [1.165, 1.54) is 5.56 Å². The highest BCUT2D eigenvalue weighted by Gasteiger charge is 2.22. The third kappa shape index (κ3) is 5.02. The molecule has 0 aliphatic carbocycles. The summed E-state index contributed by atoms with van der Waals surface area (Å²) in [5, 5.41) is 3.20. The molecule has 4 aromatic rings. The molecule has 4 nitrogen and oxygen atoms in total. The molecule has 0 fully saturated rings. The lowest BCUT2D eigenvalue weighted by molar-refractivity contribution is -0.121. The van der Waals surface area contributed by atoms with E-state index in [1.54, 1.807) is 0 Å². The molecule has 2 unspecified atom stereocenters. The highest BCUT2D eigenvalue weighted by Crippen LogP contribution is 2.29. The Balaban J connectivity index is 1.50. The number of aromatic nitrogens is 2. The van der Waals surface area contributed by atoms with Crippen LogP contribution in [0.1, 0.15) is 48.1 Å². The number of hydrogen-bond acceptors (Lipinski definition) is 2. The average molecular weight is 412 g/mol. The third-order valence-electron chi connectivity index (χ3n) is 5.82. The first-order valence-corrected chi connectivity index (χ1v) is 10.9. The fraction of sp³-hybridized carbons (Fsp3) is 0.259. The Morgan fingerprint density at radius 2 is 1.71 bits per heavy atom. The molecule has 1 N–H and O–H groups in total. The first-order chi connectivity index (χ1) is 15.1. The molecule has 4 heteroatoms. The molecule has 0 aliphatic rings. The van der Waals surface area contributed by atoms with Crippen LogP contribution in [0.2, 0.25) is 0 Å². The Labute approximate surface area is 184 Å². The predicted molar refractivity (Wildman–Crippen MR) is 125 cm³/mol. The van der Waals surface area contributed by atoms with Crippen LogP contribution in [-0.4, -0.2) is 21.3 Å². The summed E-state index contributed by atoms with van der Waals surface area (Å²) in [6.45, 7) is 4.14. The summed E-state index contributed by atoms with van der Waals surface area (Å²) < 4.78 is 2.11. The summed E-state index contributed by atoms with van der Waals surface area (Å²) in [5.74, 6) is 0.0105. The van der Waals surface area contributed by atoms with Gasteiger partial charge in [-0.3, -0.25) is 4.79 Å². The highest BCUT2D eigenvalue weighted by molar-refractivity contribution is 5.77. The van der Waals surface area contributed by atoms with E-state index in [-0.39, 0.29) is 17.9 Å². The van der Waals surface area contributed by atoms with Gasteiger partial charge < -0.3 is 9.72 Å². The smallest absolute Gasteiger partial charge is 0.221 e. The normalized spacial score (nSPS) is 13.1. The number of imidazole rings is 1. The van der Waals surface area contributed by atoms with Crippen molar-refractivity contribution in [3.63, 3.8) is 0 Å². The number of carbonyl (C=O) groups excluding carboxylic acids is 1. The van der Waals surface area contributed by atoms with Gasteiger partial charge in [-0.15, -0.1) is 0 Å². The molecular weight excluding hydrogens is 382 g/mol. The molecule has 31 heavy (non-hydrogen) atoms. The number of aryl methyl sites for hydroxylation is 2. The lowest BCUT2D eigenvalue weighted by Crippen LogP contribution is -2.34. The second-order valence-electron chi connectivity index (χ2n) is 8.23. The van der Waals surface area contributed by atoms with Gasteiger partial charge in [0.05, 0.1) is 5.69 Å². The van der Waals surface area contributed by atoms with E-state index in [4.69, 9.17) is 0 Å². The Hall–Kier alpha value is -3.40. The number of fused-ring (bicyclic) bond motifs is 1. The fourth-order valence-corrected chi connectivity index (χ4v) is 4.13. The summed E-state index contributed by atoms with van der Waals surface area (Å²) in [7, 11) is 0. The van der Waals surface area contributed by atoms with E-state index in [2.05, 4.69) is 71.0 Å². The Morgan fingerprint density at radius 1 is 1.00 bits per heavy atom. The second-order valence-corrected chi connectivity index (χ2v) is 8.23. The van der Waals surface area contributed by atoms with Crippen LogP contribution in [0.4, 0.5) is 0 Å². The molecule has 2 atom stereocenters. The number of pyridine rings is 1. The monoisotopic (exact) mass is 411 g/mol. The van der Waals surface area contributed by atoms with Crippen LogP contribution >= 0.6 is 0 Å². The molecule has 2 heterocycles. The summed E-state index contributed by atoms with van der Waals surface area (Å²) in [4.78, 5) is 17.6. The van der Waals surface area contributed by atoms with Crippen molar-refractivity contribution in [1.29, 1.82) is 0 Å². The molecule has 2 aromatic heterocycles. The molecule has 1 amide bonds. The lowest BCUT2D eigenvalue weighted by atomic mass is 9.92. The third-order valence-corrected chi connectivity index (χ3v) is 5.82. The van der Waals surface area contributed by atoms with Gasteiger partial charge in [-0.25, -0.2) is 4.98 Å². The molecule has 0 spiro atoms. The molecular formula is C27H29N3O. The van der Waals surface area contributed by atoms with E-state index < -0.39 is 0 Å². The summed E-state index contributed by atoms with van der Waals surface area (Å²) in [6.07, 6.45) is 6.20. The average Bonchev–Trinajstić information content (AvgIpc) is 3.23. The van der Waals surface area contributed by atoms with Gasteiger partial charge in [0.2, 0.25) is 5.91 Å². The van der Waals surface area contributed by atoms with E-state index >= 15 is 0 Å². The number of amides is 1. The van der Waals surface area contributed by atoms with Gasteiger partial charge in [-0.05, 0) is 49.4 Å². The zero-order valence-corrected chi connectivity index (χ0v) is 18.2. The maximum atomic E-state index is 13.0. The number of nitrogens with zero attached hydrogens (tertiary/aromatic N) is 2. The van der Waals surface area contributed by atoms with Crippen LogP contribution in [0.3, 0.4) is 0 Å². The van der Waals surface area contributed by atoms with Crippen molar-refractivity contribution in [2.45, 2.75) is 45.1 Å². The van der Waals surface area contributed by atoms with Crippen LogP contribution in [0.25, 0.3) is 5.65 Å². The van der Waals surface area contributed by atoms with Crippen molar-refractivity contribution in [3.8, 4) is 0 Å². The van der Waals surface area contributed by atoms with Crippen LogP contribution in [0, 0.1) is 6.92 Å². The Bertz CT molecular complexity index is 1140. The Kier molecular flexibility index (Phi) is 6.46. The molecule has 0 aliphatic heterocycles. The second kappa shape index (κ2) is 9.61. The number of rotatable bonds is 8. The Morgan fingerprint density at radius 3 is 2.45 bits per heavy atom. The van der Waals surface area contributed by atoms with E-state index in [0.717, 1.165) is 35.3 Å². The topological polar surface area (TPSA) is 46.4 Å². The number of benzene rings is 2. The number of nitrogens with one attached hydrogen (secondary N) is 1. The van der Waals surface area contributed by atoms with E-state index in [0.29, 0.717) is 6.42 Å².